The molecular weight excluding hydrogens is 290 g/mol. The van der Waals surface area contributed by atoms with E-state index in [2.05, 4.69) is 15.3 Å². The van der Waals surface area contributed by atoms with Crippen molar-refractivity contribution in [1.82, 2.24) is 9.97 Å². The number of amides is 1. The molecule has 0 atom stereocenters. The zero-order valence-electron chi connectivity index (χ0n) is 10.9. The molecule has 3 aromatic rings. The highest BCUT2D eigenvalue weighted by atomic mass is 35.5. The van der Waals surface area contributed by atoms with Crippen LogP contribution < -0.4 is 11.0 Å². The van der Waals surface area contributed by atoms with E-state index in [1.165, 1.54) is 0 Å². The fraction of sp³-hybridized carbons (Fsp3) is 0.0667. The molecule has 5 nitrogen and oxygen atoms in total. The number of nitrogens with one attached hydrogen (secondary N) is 3. The Morgan fingerprint density at radius 2 is 1.86 bits per heavy atom. The van der Waals surface area contributed by atoms with E-state index in [9.17, 15) is 9.59 Å². The highest BCUT2D eigenvalue weighted by Crippen LogP contribution is 2.20. The fourth-order valence-electron chi connectivity index (χ4n) is 2.13. The molecular formula is C15H12ClN3O2. The van der Waals surface area contributed by atoms with Crippen LogP contribution in [0.2, 0.25) is 5.02 Å². The maximum atomic E-state index is 12.0. The monoisotopic (exact) mass is 301 g/mol. The number of fused-ring (bicyclic) bond motifs is 1. The average Bonchev–Trinajstić information content (AvgIpc) is 2.80. The van der Waals surface area contributed by atoms with Gasteiger partial charge in [0.1, 0.15) is 0 Å². The first-order valence-electron chi connectivity index (χ1n) is 6.37. The number of aromatic amines is 2. The number of rotatable bonds is 3. The Morgan fingerprint density at radius 3 is 2.67 bits per heavy atom. The van der Waals surface area contributed by atoms with Crippen LogP contribution in [0.15, 0.2) is 47.3 Å². The largest absolute Gasteiger partial charge is 0.324 e. The van der Waals surface area contributed by atoms with Gasteiger partial charge in [-0.15, -0.1) is 0 Å². The van der Waals surface area contributed by atoms with Gasteiger partial charge in [-0.1, -0.05) is 29.8 Å². The van der Waals surface area contributed by atoms with Crippen molar-refractivity contribution < 1.29 is 4.79 Å². The van der Waals surface area contributed by atoms with Crippen molar-refractivity contribution in [3.05, 3.63) is 63.5 Å². The summed E-state index contributed by atoms with van der Waals surface area (Å²) in [6.07, 6.45) is 0.203. The van der Waals surface area contributed by atoms with Crippen LogP contribution in [0.3, 0.4) is 0 Å². The predicted molar refractivity (Wildman–Crippen MR) is 82.7 cm³/mol. The minimum atomic E-state index is -0.261. The summed E-state index contributed by atoms with van der Waals surface area (Å²) in [4.78, 5) is 28.5. The number of carbonyl (C=O) groups is 1. The summed E-state index contributed by atoms with van der Waals surface area (Å²) >= 11 is 5.99. The minimum Gasteiger partial charge on any atom is -0.324 e. The summed E-state index contributed by atoms with van der Waals surface area (Å²) in [7, 11) is 0. The van der Waals surface area contributed by atoms with Gasteiger partial charge in [0.25, 0.3) is 0 Å². The standard InChI is InChI=1S/C15H12ClN3O2/c16-10-3-1-2-4-11(10)17-14(20)8-9-5-6-12-13(7-9)19-15(21)18-12/h1-7H,8H2,(H,17,20)(H2,18,19,21). The molecule has 1 heterocycles. The molecule has 0 aliphatic rings. The van der Waals surface area contributed by atoms with Gasteiger partial charge in [0.05, 0.1) is 28.2 Å². The number of H-pyrrole nitrogens is 2. The zero-order chi connectivity index (χ0) is 14.8. The number of carbonyl (C=O) groups excluding carboxylic acids is 1. The van der Waals surface area contributed by atoms with E-state index in [1.54, 1.807) is 42.5 Å². The summed E-state index contributed by atoms with van der Waals surface area (Å²) in [5, 5.41) is 3.26. The van der Waals surface area contributed by atoms with E-state index in [0.29, 0.717) is 16.2 Å². The van der Waals surface area contributed by atoms with Crippen molar-refractivity contribution in [2.75, 3.05) is 5.32 Å². The molecule has 0 bridgehead atoms. The van der Waals surface area contributed by atoms with Crippen LogP contribution in [0.5, 0.6) is 0 Å². The lowest BCUT2D eigenvalue weighted by Crippen LogP contribution is -2.14. The van der Waals surface area contributed by atoms with E-state index < -0.39 is 0 Å². The number of anilines is 1. The van der Waals surface area contributed by atoms with E-state index in [1.807, 2.05) is 0 Å². The first kappa shape index (κ1) is 13.5. The summed E-state index contributed by atoms with van der Waals surface area (Å²) < 4.78 is 0. The van der Waals surface area contributed by atoms with Crippen LogP contribution in [-0.2, 0) is 11.2 Å². The predicted octanol–water partition coefficient (Wildman–Crippen LogP) is 2.69. The smallest absolute Gasteiger partial charge is 0.323 e. The van der Waals surface area contributed by atoms with E-state index in [-0.39, 0.29) is 18.0 Å². The minimum absolute atomic E-state index is 0.166. The van der Waals surface area contributed by atoms with Crippen LogP contribution in [0, 0.1) is 0 Å². The number of benzene rings is 2. The number of hydrogen-bond acceptors (Lipinski definition) is 2. The molecule has 0 spiro atoms. The van der Waals surface area contributed by atoms with Crippen LogP contribution in [0.4, 0.5) is 5.69 Å². The van der Waals surface area contributed by atoms with Crippen molar-refractivity contribution in [2.24, 2.45) is 0 Å². The van der Waals surface area contributed by atoms with Gasteiger partial charge in [-0.25, -0.2) is 4.79 Å². The molecule has 0 aliphatic heterocycles. The van der Waals surface area contributed by atoms with Gasteiger partial charge in [0.15, 0.2) is 0 Å². The normalized spacial score (nSPS) is 10.7. The van der Waals surface area contributed by atoms with Crippen LogP contribution in [0.25, 0.3) is 11.0 Å². The second-order valence-electron chi connectivity index (χ2n) is 4.66. The van der Waals surface area contributed by atoms with Gasteiger partial charge in [0.2, 0.25) is 5.91 Å². The van der Waals surface area contributed by atoms with Gasteiger partial charge in [-0.3, -0.25) is 4.79 Å². The van der Waals surface area contributed by atoms with E-state index in [0.717, 1.165) is 11.1 Å². The third-order valence-electron chi connectivity index (χ3n) is 3.09. The lowest BCUT2D eigenvalue weighted by molar-refractivity contribution is -0.115. The van der Waals surface area contributed by atoms with Gasteiger partial charge < -0.3 is 15.3 Å². The molecule has 1 aromatic heterocycles. The van der Waals surface area contributed by atoms with E-state index in [4.69, 9.17) is 11.6 Å². The first-order chi connectivity index (χ1) is 10.1. The third-order valence-corrected chi connectivity index (χ3v) is 3.42. The number of para-hydroxylation sites is 1. The average molecular weight is 302 g/mol. The maximum absolute atomic E-state index is 12.0. The Bertz CT molecular complexity index is 866. The molecule has 0 radical (unpaired) electrons. The first-order valence-corrected chi connectivity index (χ1v) is 6.75. The Balaban J connectivity index is 1.77. The molecule has 2 aromatic carbocycles. The fourth-order valence-corrected chi connectivity index (χ4v) is 2.32. The molecule has 3 rings (SSSR count). The molecule has 0 saturated heterocycles. The molecule has 0 unspecified atom stereocenters. The number of aromatic nitrogens is 2. The summed E-state index contributed by atoms with van der Waals surface area (Å²) in [5.41, 5.74) is 2.53. The molecule has 3 N–H and O–H groups in total. The Kier molecular flexibility index (Phi) is 3.50. The molecule has 106 valence electrons. The number of imidazole rings is 1. The summed E-state index contributed by atoms with van der Waals surface area (Å²) in [6, 6.07) is 12.4. The SMILES string of the molecule is O=C(Cc1ccc2[nH]c(=O)[nH]c2c1)Nc1ccccc1Cl. The second-order valence-corrected chi connectivity index (χ2v) is 5.07. The van der Waals surface area contributed by atoms with Crippen LogP contribution in [-0.4, -0.2) is 15.9 Å². The quantitative estimate of drug-likeness (QED) is 0.695. The van der Waals surface area contributed by atoms with Crippen molar-refractivity contribution in [3.63, 3.8) is 0 Å². The summed E-state index contributed by atoms with van der Waals surface area (Å²) in [5.74, 6) is -0.166. The number of hydrogen-bond donors (Lipinski definition) is 3. The molecule has 0 fully saturated rings. The van der Waals surface area contributed by atoms with Crippen molar-refractivity contribution in [3.8, 4) is 0 Å². The van der Waals surface area contributed by atoms with Gasteiger partial charge in [-0.05, 0) is 29.8 Å². The van der Waals surface area contributed by atoms with Crippen LogP contribution in [0.1, 0.15) is 5.56 Å². The second kappa shape index (κ2) is 5.46. The molecule has 0 saturated carbocycles. The molecule has 0 aliphatic carbocycles. The summed E-state index contributed by atoms with van der Waals surface area (Å²) in [6.45, 7) is 0. The number of halogens is 1. The van der Waals surface area contributed by atoms with E-state index >= 15 is 0 Å². The molecule has 6 heteroatoms. The van der Waals surface area contributed by atoms with Crippen molar-refractivity contribution >= 4 is 34.2 Å². The van der Waals surface area contributed by atoms with Gasteiger partial charge >= 0.3 is 5.69 Å². The van der Waals surface area contributed by atoms with Crippen LogP contribution >= 0.6 is 11.6 Å². The topological polar surface area (TPSA) is 77.8 Å². The third kappa shape index (κ3) is 2.98. The van der Waals surface area contributed by atoms with Gasteiger partial charge in [0, 0.05) is 0 Å². The van der Waals surface area contributed by atoms with Gasteiger partial charge in [-0.2, -0.15) is 0 Å². The van der Waals surface area contributed by atoms with Crippen molar-refractivity contribution in [1.29, 1.82) is 0 Å². The highest BCUT2D eigenvalue weighted by molar-refractivity contribution is 6.33. The highest BCUT2D eigenvalue weighted by Gasteiger charge is 2.07. The Labute approximate surface area is 125 Å². The lowest BCUT2D eigenvalue weighted by atomic mass is 10.1. The Hall–Kier alpha value is -2.53. The maximum Gasteiger partial charge on any atom is 0.323 e. The Morgan fingerprint density at radius 1 is 1.10 bits per heavy atom. The zero-order valence-corrected chi connectivity index (χ0v) is 11.7. The molecule has 1 amide bonds. The van der Waals surface area contributed by atoms with Crippen molar-refractivity contribution in [2.45, 2.75) is 6.42 Å². The lowest BCUT2D eigenvalue weighted by Gasteiger charge is -2.07. The molecule has 21 heavy (non-hydrogen) atoms.